The molecule has 2 rings (SSSR count). The number of alkyl halides is 4. The van der Waals surface area contributed by atoms with Gasteiger partial charge in [-0.2, -0.15) is 13.2 Å². The third-order valence-electron chi connectivity index (χ3n) is 2.77. The molecule has 0 bridgehead atoms. The van der Waals surface area contributed by atoms with E-state index < -0.39 is 29.1 Å². The molecule has 0 atom stereocenters. The summed E-state index contributed by atoms with van der Waals surface area (Å²) < 4.78 is 44.2. The lowest BCUT2D eigenvalue weighted by Crippen LogP contribution is -2.32. The highest BCUT2D eigenvalue weighted by molar-refractivity contribution is 14.1. The molecule has 0 fully saturated rings. The van der Waals surface area contributed by atoms with Crippen LogP contribution in [0.1, 0.15) is 38.1 Å². The average molecular weight is 439 g/mol. The summed E-state index contributed by atoms with van der Waals surface area (Å²) in [6, 6.07) is 0.662. The zero-order chi connectivity index (χ0) is 17.2. The van der Waals surface area contributed by atoms with E-state index in [0.29, 0.717) is 10.5 Å². The van der Waals surface area contributed by atoms with Crippen LogP contribution in [0, 0.1) is 6.92 Å². The van der Waals surface area contributed by atoms with Crippen LogP contribution in [0.4, 0.5) is 13.2 Å². The van der Waals surface area contributed by atoms with Crippen molar-refractivity contribution in [2.24, 2.45) is 0 Å². The molecule has 0 aliphatic rings. The van der Waals surface area contributed by atoms with Gasteiger partial charge in [0, 0.05) is 12.4 Å². The number of imide groups is 1. The molecular formula is C13H9F3IN3O3. The highest BCUT2D eigenvalue weighted by Crippen LogP contribution is 2.31. The number of carbonyl (C=O) groups excluding carboxylic acids is 2. The molecule has 2 aromatic rings. The Morgan fingerprint density at radius 2 is 2.04 bits per heavy atom. The Morgan fingerprint density at radius 1 is 1.35 bits per heavy atom. The number of hydrogen-bond donors (Lipinski definition) is 1. The summed E-state index contributed by atoms with van der Waals surface area (Å²) >= 11 is 1.97. The summed E-state index contributed by atoms with van der Waals surface area (Å²) in [5.41, 5.74) is -2.08. The molecule has 10 heteroatoms. The van der Waals surface area contributed by atoms with Gasteiger partial charge in [-0.25, -0.2) is 4.98 Å². The van der Waals surface area contributed by atoms with Crippen LogP contribution in [-0.4, -0.2) is 21.8 Å². The fourth-order valence-corrected chi connectivity index (χ4v) is 2.10. The summed E-state index contributed by atoms with van der Waals surface area (Å²) in [7, 11) is 0. The lowest BCUT2D eigenvalue weighted by molar-refractivity contribution is -0.138. The number of hydrogen-bond acceptors (Lipinski definition) is 5. The Labute approximate surface area is 141 Å². The summed E-state index contributed by atoms with van der Waals surface area (Å²) in [5.74, 6) is -1.71. The van der Waals surface area contributed by atoms with E-state index in [-0.39, 0.29) is 17.3 Å². The van der Waals surface area contributed by atoms with Gasteiger partial charge in [-0.1, -0.05) is 22.6 Å². The van der Waals surface area contributed by atoms with Crippen molar-refractivity contribution in [1.82, 2.24) is 15.3 Å². The van der Waals surface area contributed by atoms with E-state index >= 15 is 0 Å². The van der Waals surface area contributed by atoms with Crippen molar-refractivity contribution in [3.63, 3.8) is 0 Å². The zero-order valence-electron chi connectivity index (χ0n) is 11.6. The van der Waals surface area contributed by atoms with Crippen LogP contribution in [0.3, 0.4) is 0 Å². The number of oxazole rings is 1. The standard InChI is InChI=1S/C13H9F3IN3O3/c1-6-10(19-9(4-17)23-6)12(22)20-11(21)7-5-18-3-2-8(7)13(14,15)16/h2-3,5H,4H2,1H3,(H,20,21,22). The predicted molar refractivity (Wildman–Crippen MR) is 80.0 cm³/mol. The van der Waals surface area contributed by atoms with Crippen molar-refractivity contribution in [1.29, 1.82) is 0 Å². The lowest BCUT2D eigenvalue weighted by atomic mass is 10.1. The molecule has 6 nitrogen and oxygen atoms in total. The molecular weight excluding hydrogens is 430 g/mol. The van der Waals surface area contributed by atoms with Gasteiger partial charge in [-0.3, -0.25) is 19.9 Å². The maximum absolute atomic E-state index is 12.9. The fourth-order valence-electron chi connectivity index (χ4n) is 1.77. The molecule has 0 aliphatic heterocycles. The maximum atomic E-state index is 12.9. The quantitative estimate of drug-likeness (QED) is 0.452. The molecule has 0 aliphatic carbocycles. The van der Waals surface area contributed by atoms with Crippen LogP contribution >= 0.6 is 22.6 Å². The van der Waals surface area contributed by atoms with E-state index in [1.54, 1.807) is 0 Å². The number of halogens is 4. The Bertz CT molecular complexity index is 758. The zero-order valence-corrected chi connectivity index (χ0v) is 13.7. The smallest absolute Gasteiger partial charge is 0.417 e. The van der Waals surface area contributed by atoms with E-state index in [1.807, 2.05) is 27.9 Å². The van der Waals surface area contributed by atoms with E-state index in [0.717, 1.165) is 12.4 Å². The van der Waals surface area contributed by atoms with Crippen molar-refractivity contribution in [2.75, 3.05) is 0 Å². The predicted octanol–water partition coefficient (Wildman–Crippen LogP) is 2.90. The highest BCUT2D eigenvalue weighted by atomic mass is 127. The first-order chi connectivity index (χ1) is 10.7. The third-order valence-corrected chi connectivity index (χ3v) is 3.42. The maximum Gasteiger partial charge on any atom is 0.417 e. The topological polar surface area (TPSA) is 85.1 Å². The van der Waals surface area contributed by atoms with Crippen molar-refractivity contribution in [3.8, 4) is 0 Å². The van der Waals surface area contributed by atoms with Gasteiger partial charge in [0.05, 0.1) is 15.6 Å². The van der Waals surface area contributed by atoms with Crippen molar-refractivity contribution in [3.05, 3.63) is 46.9 Å². The number of carbonyl (C=O) groups is 2. The van der Waals surface area contributed by atoms with Crippen LogP contribution in [0.5, 0.6) is 0 Å². The minimum atomic E-state index is -4.74. The number of nitrogens with one attached hydrogen (secondary N) is 1. The molecule has 0 spiro atoms. The van der Waals surface area contributed by atoms with Gasteiger partial charge >= 0.3 is 6.18 Å². The molecule has 122 valence electrons. The molecule has 1 N–H and O–H groups in total. The second-order valence-corrected chi connectivity index (χ2v) is 5.11. The first-order valence-corrected chi connectivity index (χ1v) is 7.65. The van der Waals surface area contributed by atoms with E-state index in [1.165, 1.54) is 6.92 Å². The van der Waals surface area contributed by atoms with E-state index in [4.69, 9.17) is 4.42 Å². The largest absolute Gasteiger partial charge is 0.444 e. The van der Waals surface area contributed by atoms with Crippen LogP contribution in [0.25, 0.3) is 0 Å². The van der Waals surface area contributed by atoms with Gasteiger partial charge < -0.3 is 4.42 Å². The van der Waals surface area contributed by atoms with Crippen LogP contribution in [-0.2, 0) is 10.6 Å². The molecule has 2 heterocycles. The van der Waals surface area contributed by atoms with E-state index in [9.17, 15) is 22.8 Å². The molecule has 0 unspecified atom stereocenters. The number of amides is 2. The minimum absolute atomic E-state index is 0.150. The monoisotopic (exact) mass is 439 g/mol. The van der Waals surface area contributed by atoms with Gasteiger partial charge in [-0.05, 0) is 13.0 Å². The summed E-state index contributed by atoms with van der Waals surface area (Å²) in [6.07, 6.45) is -3.08. The SMILES string of the molecule is Cc1oc(CI)nc1C(=O)NC(=O)c1cnccc1C(F)(F)F. The molecule has 0 aromatic carbocycles. The van der Waals surface area contributed by atoms with Crippen LogP contribution in [0.15, 0.2) is 22.9 Å². The normalized spacial score (nSPS) is 11.3. The van der Waals surface area contributed by atoms with Gasteiger partial charge in [0.1, 0.15) is 5.76 Å². The minimum Gasteiger partial charge on any atom is -0.444 e. The van der Waals surface area contributed by atoms with Crippen LogP contribution in [0.2, 0.25) is 0 Å². The van der Waals surface area contributed by atoms with Crippen LogP contribution < -0.4 is 5.32 Å². The second kappa shape index (κ2) is 6.64. The number of aromatic nitrogens is 2. The van der Waals surface area contributed by atoms with Crippen molar-refractivity contribution < 1.29 is 27.2 Å². The lowest BCUT2D eigenvalue weighted by Gasteiger charge is -2.11. The Hall–Kier alpha value is -1.98. The van der Waals surface area contributed by atoms with Gasteiger partial charge in [0.2, 0.25) is 5.89 Å². The second-order valence-electron chi connectivity index (χ2n) is 4.35. The Kier molecular flexibility index (Phi) is 5.02. The molecule has 0 saturated carbocycles. The van der Waals surface area contributed by atoms with Gasteiger partial charge in [-0.15, -0.1) is 0 Å². The summed E-state index contributed by atoms with van der Waals surface area (Å²) in [4.78, 5) is 31.3. The molecule has 2 aromatic heterocycles. The first kappa shape index (κ1) is 17.4. The first-order valence-electron chi connectivity index (χ1n) is 6.13. The van der Waals surface area contributed by atoms with Crippen molar-refractivity contribution >= 4 is 34.4 Å². The molecule has 0 saturated heterocycles. The molecule has 23 heavy (non-hydrogen) atoms. The van der Waals surface area contributed by atoms with E-state index in [2.05, 4.69) is 9.97 Å². The highest BCUT2D eigenvalue weighted by Gasteiger charge is 2.35. The summed E-state index contributed by atoms with van der Waals surface area (Å²) in [6.45, 7) is 1.47. The average Bonchev–Trinajstić information content (AvgIpc) is 2.87. The Balaban J connectivity index is 2.26. The molecule has 0 radical (unpaired) electrons. The third kappa shape index (κ3) is 3.86. The number of rotatable bonds is 3. The fraction of sp³-hybridized carbons (Fsp3) is 0.231. The van der Waals surface area contributed by atoms with Crippen molar-refractivity contribution in [2.45, 2.75) is 17.5 Å². The van der Waals surface area contributed by atoms with Gasteiger partial charge in [0.15, 0.2) is 5.69 Å². The number of pyridine rings is 1. The number of nitrogens with zero attached hydrogens (tertiary/aromatic N) is 2. The summed E-state index contributed by atoms with van der Waals surface area (Å²) in [5, 5.41) is 1.86. The number of aryl methyl sites for hydroxylation is 1. The molecule has 2 amide bonds. The van der Waals surface area contributed by atoms with Gasteiger partial charge in [0.25, 0.3) is 11.8 Å². The Morgan fingerprint density at radius 3 is 2.61 bits per heavy atom.